The third kappa shape index (κ3) is 3.08. The summed E-state index contributed by atoms with van der Waals surface area (Å²) in [5.74, 6) is 1.57. The van der Waals surface area contributed by atoms with Crippen molar-refractivity contribution in [1.82, 2.24) is 15.6 Å². The number of aromatic nitrogens is 1. The summed E-state index contributed by atoms with van der Waals surface area (Å²) in [6.45, 7) is 0.535. The van der Waals surface area contributed by atoms with Gasteiger partial charge in [-0.15, -0.1) is 0 Å². The molecule has 2 saturated carbocycles. The summed E-state index contributed by atoms with van der Waals surface area (Å²) in [5, 5.41) is 6.03. The molecule has 2 aliphatic carbocycles. The fraction of sp³-hybridized carbons (Fsp3) is 0.571. The summed E-state index contributed by atoms with van der Waals surface area (Å²) < 4.78 is 0.792. The Morgan fingerprint density at radius 3 is 3.00 bits per heavy atom. The van der Waals surface area contributed by atoms with Crippen LogP contribution >= 0.6 is 15.9 Å². The second-order valence-corrected chi connectivity index (χ2v) is 6.41. The number of pyridine rings is 1. The van der Waals surface area contributed by atoms with E-state index < -0.39 is 0 Å². The Labute approximate surface area is 121 Å². The third-order valence-corrected chi connectivity index (χ3v) is 4.73. The second kappa shape index (κ2) is 5.49. The molecule has 3 atom stereocenters. The van der Waals surface area contributed by atoms with Crippen LogP contribution in [0.5, 0.6) is 0 Å². The van der Waals surface area contributed by atoms with Gasteiger partial charge in [-0.05, 0) is 64.7 Å². The number of urea groups is 1. The van der Waals surface area contributed by atoms with E-state index in [9.17, 15) is 4.79 Å². The molecule has 2 aliphatic rings. The number of hydrogen-bond acceptors (Lipinski definition) is 2. The second-order valence-electron chi connectivity index (χ2n) is 5.60. The zero-order chi connectivity index (χ0) is 13.2. The summed E-state index contributed by atoms with van der Waals surface area (Å²) in [5.41, 5.74) is 1.05. The Balaban J connectivity index is 1.47. The standard InChI is InChI=1S/C14H18BrN3O/c15-13-7-10(3-4-16-13)8-17-14(19)18-12-6-9-1-2-11(12)5-9/h3-4,7,9,11-12H,1-2,5-6,8H2,(H2,17,18,19)/t9-,11+,12+/m1/s1. The van der Waals surface area contributed by atoms with E-state index in [1.165, 1.54) is 25.7 Å². The van der Waals surface area contributed by atoms with Crippen LogP contribution in [0, 0.1) is 11.8 Å². The molecule has 2 fully saturated rings. The van der Waals surface area contributed by atoms with Crippen molar-refractivity contribution in [3.8, 4) is 0 Å². The Morgan fingerprint density at radius 2 is 2.32 bits per heavy atom. The minimum Gasteiger partial charge on any atom is -0.335 e. The van der Waals surface area contributed by atoms with Crippen molar-refractivity contribution in [3.05, 3.63) is 28.5 Å². The first-order chi connectivity index (χ1) is 9.20. The van der Waals surface area contributed by atoms with Crippen molar-refractivity contribution in [2.24, 2.45) is 11.8 Å². The Kier molecular flexibility index (Phi) is 3.73. The molecule has 0 aliphatic heterocycles. The van der Waals surface area contributed by atoms with Gasteiger partial charge in [-0.2, -0.15) is 0 Å². The van der Waals surface area contributed by atoms with Crippen molar-refractivity contribution in [2.75, 3.05) is 0 Å². The lowest BCUT2D eigenvalue weighted by atomic mass is 9.95. The highest BCUT2D eigenvalue weighted by atomic mass is 79.9. The molecule has 1 aromatic rings. The minimum absolute atomic E-state index is 0.0505. The SMILES string of the molecule is O=C(NCc1ccnc(Br)c1)N[C@H]1C[C@@H]2CC[C@H]1C2. The average Bonchev–Trinajstić information content (AvgIpc) is 2.99. The van der Waals surface area contributed by atoms with Crippen LogP contribution in [0.4, 0.5) is 4.79 Å². The highest BCUT2D eigenvalue weighted by Crippen LogP contribution is 2.44. The van der Waals surface area contributed by atoms with Crippen molar-refractivity contribution < 1.29 is 4.79 Å². The van der Waals surface area contributed by atoms with E-state index in [2.05, 4.69) is 31.5 Å². The predicted molar refractivity (Wildman–Crippen MR) is 76.5 cm³/mol. The zero-order valence-corrected chi connectivity index (χ0v) is 12.3. The molecule has 0 radical (unpaired) electrons. The maximum Gasteiger partial charge on any atom is 0.315 e. The van der Waals surface area contributed by atoms with Gasteiger partial charge < -0.3 is 10.6 Å². The molecule has 2 bridgehead atoms. The molecule has 102 valence electrons. The van der Waals surface area contributed by atoms with Gasteiger partial charge in [0.25, 0.3) is 0 Å². The third-order valence-electron chi connectivity index (χ3n) is 4.30. The fourth-order valence-electron chi connectivity index (χ4n) is 3.38. The summed E-state index contributed by atoms with van der Waals surface area (Å²) >= 11 is 3.32. The molecular formula is C14H18BrN3O. The molecule has 2 N–H and O–H groups in total. The molecule has 0 aromatic carbocycles. The van der Waals surface area contributed by atoms with Crippen LogP contribution in [-0.2, 0) is 6.54 Å². The number of nitrogens with zero attached hydrogens (tertiary/aromatic N) is 1. The lowest BCUT2D eigenvalue weighted by Gasteiger charge is -2.23. The van der Waals surface area contributed by atoms with Crippen LogP contribution in [0.2, 0.25) is 0 Å². The zero-order valence-electron chi connectivity index (χ0n) is 10.7. The van der Waals surface area contributed by atoms with E-state index in [4.69, 9.17) is 0 Å². The van der Waals surface area contributed by atoms with Crippen LogP contribution in [-0.4, -0.2) is 17.1 Å². The highest BCUT2D eigenvalue weighted by molar-refractivity contribution is 9.10. The number of carbonyl (C=O) groups is 1. The van der Waals surface area contributed by atoms with Crippen LogP contribution in [0.3, 0.4) is 0 Å². The quantitative estimate of drug-likeness (QED) is 0.840. The lowest BCUT2D eigenvalue weighted by Crippen LogP contribution is -2.44. The summed E-state index contributed by atoms with van der Waals surface area (Å²) in [7, 11) is 0. The minimum atomic E-state index is -0.0505. The molecule has 1 aromatic heterocycles. The summed E-state index contributed by atoms with van der Waals surface area (Å²) in [6.07, 6.45) is 6.85. The average molecular weight is 324 g/mol. The summed E-state index contributed by atoms with van der Waals surface area (Å²) in [4.78, 5) is 15.9. The Bertz CT molecular complexity index is 480. The number of carbonyl (C=O) groups excluding carboxylic acids is 1. The molecule has 19 heavy (non-hydrogen) atoms. The predicted octanol–water partition coefficient (Wildman–Crippen LogP) is 2.83. The Hall–Kier alpha value is -1.10. The monoisotopic (exact) mass is 323 g/mol. The van der Waals surface area contributed by atoms with Gasteiger partial charge in [0.2, 0.25) is 0 Å². The van der Waals surface area contributed by atoms with Crippen molar-refractivity contribution in [2.45, 2.75) is 38.3 Å². The van der Waals surface area contributed by atoms with E-state index >= 15 is 0 Å². The van der Waals surface area contributed by atoms with Gasteiger partial charge in [-0.3, -0.25) is 0 Å². The maximum atomic E-state index is 11.9. The highest BCUT2D eigenvalue weighted by Gasteiger charge is 2.39. The molecule has 1 heterocycles. The van der Waals surface area contributed by atoms with Crippen molar-refractivity contribution >= 4 is 22.0 Å². The number of amides is 2. The van der Waals surface area contributed by atoms with Gasteiger partial charge >= 0.3 is 6.03 Å². The largest absolute Gasteiger partial charge is 0.335 e. The number of hydrogen-bond donors (Lipinski definition) is 2. The molecule has 0 spiro atoms. The van der Waals surface area contributed by atoms with Gasteiger partial charge in [0, 0.05) is 18.8 Å². The molecule has 0 unspecified atom stereocenters. The van der Waals surface area contributed by atoms with E-state index in [0.717, 1.165) is 16.1 Å². The van der Waals surface area contributed by atoms with Crippen LogP contribution in [0.1, 0.15) is 31.2 Å². The van der Waals surface area contributed by atoms with Crippen LogP contribution in [0.15, 0.2) is 22.9 Å². The normalized spacial score (nSPS) is 28.4. The van der Waals surface area contributed by atoms with E-state index in [-0.39, 0.29) is 6.03 Å². The fourth-order valence-corrected chi connectivity index (χ4v) is 3.79. The van der Waals surface area contributed by atoms with Gasteiger partial charge in [0.15, 0.2) is 0 Å². The number of fused-ring (bicyclic) bond motifs is 2. The maximum absolute atomic E-state index is 11.9. The van der Waals surface area contributed by atoms with Gasteiger partial charge in [-0.1, -0.05) is 6.42 Å². The summed E-state index contributed by atoms with van der Waals surface area (Å²) in [6, 6.07) is 4.16. The Morgan fingerprint density at radius 1 is 1.42 bits per heavy atom. The first-order valence-electron chi connectivity index (χ1n) is 6.85. The topological polar surface area (TPSA) is 54.0 Å². The number of rotatable bonds is 3. The molecular weight excluding hydrogens is 306 g/mol. The van der Waals surface area contributed by atoms with Crippen LogP contribution in [0.25, 0.3) is 0 Å². The molecule has 3 rings (SSSR count). The van der Waals surface area contributed by atoms with E-state index in [0.29, 0.717) is 18.5 Å². The molecule has 2 amide bonds. The van der Waals surface area contributed by atoms with Gasteiger partial charge in [-0.25, -0.2) is 9.78 Å². The smallest absolute Gasteiger partial charge is 0.315 e. The first-order valence-corrected chi connectivity index (χ1v) is 7.65. The molecule has 0 saturated heterocycles. The lowest BCUT2D eigenvalue weighted by molar-refractivity contribution is 0.230. The van der Waals surface area contributed by atoms with Gasteiger partial charge in [0.05, 0.1) is 0 Å². The van der Waals surface area contributed by atoms with Crippen molar-refractivity contribution in [3.63, 3.8) is 0 Å². The van der Waals surface area contributed by atoms with Gasteiger partial charge in [0.1, 0.15) is 4.60 Å². The van der Waals surface area contributed by atoms with E-state index in [1.807, 2.05) is 12.1 Å². The molecule has 4 nitrogen and oxygen atoms in total. The molecule has 5 heteroatoms. The first kappa shape index (κ1) is 12.9. The van der Waals surface area contributed by atoms with Crippen LogP contribution < -0.4 is 10.6 Å². The van der Waals surface area contributed by atoms with Crippen molar-refractivity contribution in [1.29, 1.82) is 0 Å². The number of nitrogens with one attached hydrogen (secondary N) is 2. The number of halogens is 1. The van der Waals surface area contributed by atoms with E-state index in [1.54, 1.807) is 6.20 Å².